The number of carboxylic acid groups (broad SMARTS) is 1. The van der Waals surface area contributed by atoms with Gasteiger partial charge in [-0.15, -0.1) is 11.3 Å². The first-order chi connectivity index (χ1) is 9.54. The van der Waals surface area contributed by atoms with Crippen molar-refractivity contribution in [2.75, 3.05) is 13.1 Å². The second-order valence-electron chi connectivity index (χ2n) is 5.07. The van der Waals surface area contributed by atoms with Gasteiger partial charge >= 0.3 is 5.97 Å². The first-order valence-corrected chi connectivity index (χ1v) is 7.74. The number of carbonyl (C=O) groups excluding carboxylic acids is 1. The van der Waals surface area contributed by atoms with Crippen molar-refractivity contribution >= 4 is 23.2 Å². The van der Waals surface area contributed by atoms with E-state index in [9.17, 15) is 14.7 Å². The highest BCUT2D eigenvalue weighted by Gasteiger charge is 2.36. The zero-order valence-electron chi connectivity index (χ0n) is 11.8. The van der Waals surface area contributed by atoms with Gasteiger partial charge in [0.2, 0.25) is 5.91 Å². The van der Waals surface area contributed by atoms with Crippen molar-refractivity contribution < 1.29 is 14.7 Å². The maximum Gasteiger partial charge on any atom is 0.331 e. The number of nitrogens with zero attached hydrogens (tertiary/aromatic N) is 1. The van der Waals surface area contributed by atoms with Crippen LogP contribution in [0, 0.1) is 0 Å². The molecule has 0 saturated heterocycles. The highest BCUT2D eigenvalue weighted by molar-refractivity contribution is 7.10. The van der Waals surface area contributed by atoms with E-state index in [-0.39, 0.29) is 18.5 Å². The fourth-order valence-corrected chi connectivity index (χ4v) is 3.26. The van der Waals surface area contributed by atoms with Crippen molar-refractivity contribution in [2.24, 2.45) is 0 Å². The van der Waals surface area contributed by atoms with Gasteiger partial charge in [0, 0.05) is 17.5 Å². The molecule has 0 radical (unpaired) electrons. The van der Waals surface area contributed by atoms with Crippen LogP contribution >= 0.6 is 11.3 Å². The number of hydrogen-bond acceptors (Lipinski definition) is 4. The fraction of sp³-hybridized carbons (Fsp3) is 0.571. The first-order valence-electron chi connectivity index (χ1n) is 6.86. The quantitative estimate of drug-likeness (QED) is 0.867. The molecule has 1 amide bonds. The van der Waals surface area contributed by atoms with Gasteiger partial charge in [-0.1, -0.05) is 6.92 Å². The summed E-state index contributed by atoms with van der Waals surface area (Å²) in [5, 5.41) is 14.5. The van der Waals surface area contributed by atoms with Crippen molar-refractivity contribution in [3.8, 4) is 0 Å². The molecule has 0 aromatic carbocycles. The largest absolute Gasteiger partial charge is 0.479 e. The van der Waals surface area contributed by atoms with E-state index in [1.807, 2.05) is 25.3 Å². The van der Waals surface area contributed by atoms with E-state index in [1.165, 1.54) is 4.90 Å². The van der Waals surface area contributed by atoms with Crippen molar-refractivity contribution in [1.29, 1.82) is 0 Å². The second kappa shape index (κ2) is 6.37. The average Bonchev–Trinajstić information content (AvgIpc) is 2.90. The number of hydrogen-bond donors (Lipinski definition) is 2. The van der Waals surface area contributed by atoms with Crippen LogP contribution in [0.2, 0.25) is 0 Å². The molecule has 2 N–H and O–H groups in total. The van der Waals surface area contributed by atoms with E-state index in [2.05, 4.69) is 5.32 Å². The van der Waals surface area contributed by atoms with Crippen LogP contribution in [0.15, 0.2) is 11.4 Å². The summed E-state index contributed by atoms with van der Waals surface area (Å²) >= 11 is 1.57. The SMILES string of the molecule is CCC(C)NCC(=O)N1CCc2sccc2C1C(=O)O. The molecule has 5 nitrogen and oxygen atoms in total. The Balaban J connectivity index is 2.11. The fourth-order valence-electron chi connectivity index (χ4n) is 2.36. The molecule has 2 rings (SSSR count). The van der Waals surface area contributed by atoms with E-state index in [4.69, 9.17) is 0 Å². The number of thiophene rings is 1. The Morgan fingerprint density at radius 1 is 1.60 bits per heavy atom. The molecule has 0 saturated carbocycles. The second-order valence-corrected chi connectivity index (χ2v) is 6.07. The molecule has 0 spiro atoms. The average molecular weight is 296 g/mol. The van der Waals surface area contributed by atoms with Gasteiger partial charge in [-0.2, -0.15) is 0 Å². The summed E-state index contributed by atoms with van der Waals surface area (Å²) in [7, 11) is 0. The Bertz CT molecular complexity index is 500. The van der Waals surface area contributed by atoms with Gasteiger partial charge in [0.15, 0.2) is 6.04 Å². The number of rotatable bonds is 5. The summed E-state index contributed by atoms with van der Waals surface area (Å²) in [5.41, 5.74) is 0.769. The highest BCUT2D eigenvalue weighted by Crippen LogP contribution is 2.33. The van der Waals surface area contributed by atoms with E-state index >= 15 is 0 Å². The maximum atomic E-state index is 12.3. The van der Waals surface area contributed by atoms with Crippen molar-refractivity contribution in [1.82, 2.24) is 10.2 Å². The third-order valence-electron chi connectivity index (χ3n) is 3.73. The van der Waals surface area contributed by atoms with Gasteiger partial charge in [-0.3, -0.25) is 4.79 Å². The van der Waals surface area contributed by atoms with Crippen LogP contribution in [-0.4, -0.2) is 41.0 Å². The van der Waals surface area contributed by atoms with E-state index < -0.39 is 12.0 Å². The summed E-state index contributed by atoms with van der Waals surface area (Å²) in [4.78, 5) is 26.3. The van der Waals surface area contributed by atoms with Gasteiger partial charge in [0.1, 0.15) is 0 Å². The van der Waals surface area contributed by atoms with Crippen LogP contribution in [0.5, 0.6) is 0 Å². The molecule has 1 aromatic rings. The predicted octanol–water partition coefficient (Wildman–Crippen LogP) is 1.65. The van der Waals surface area contributed by atoms with Gasteiger partial charge < -0.3 is 15.3 Å². The van der Waals surface area contributed by atoms with Crippen LogP contribution in [0.3, 0.4) is 0 Å². The van der Waals surface area contributed by atoms with E-state index in [0.717, 1.165) is 23.3 Å². The lowest BCUT2D eigenvalue weighted by molar-refractivity contribution is -0.150. The molecular weight excluding hydrogens is 276 g/mol. The summed E-state index contributed by atoms with van der Waals surface area (Å²) in [6.45, 7) is 4.72. The lowest BCUT2D eigenvalue weighted by Crippen LogP contribution is -2.47. The molecule has 0 bridgehead atoms. The van der Waals surface area contributed by atoms with E-state index in [1.54, 1.807) is 11.3 Å². The third-order valence-corrected chi connectivity index (χ3v) is 4.73. The Hall–Kier alpha value is -1.40. The summed E-state index contributed by atoms with van der Waals surface area (Å²) in [6, 6.07) is 1.24. The van der Waals surface area contributed by atoms with Crippen LogP contribution in [0.25, 0.3) is 0 Å². The molecule has 6 heteroatoms. The standard InChI is InChI=1S/C14H20N2O3S/c1-3-9(2)15-8-12(17)16-6-4-11-10(5-7-20-11)13(16)14(18)19/h5,7,9,13,15H,3-4,6,8H2,1-2H3,(H,18,19). The minimum atomic E-state index is -0.957. The molecule has 110 valence electrons. The molecule has 1 aliphatic heterocycles. The molecular formula is C14H20N2O3S. The number of carbonyl (C=O) groups is 2. The zero-order chi connectivity index (χ0) is 14.7. The Labute approximate surface area is 122 Å². The predicted molar refractivity (Wildman–Crippen MR) is 77.9 cm³/mol. The van der Waals surface area contributed by atoms with Crippen LogP contribution in [0.4, 0.5) is 0 Å². The molecule has 2 atom stereocenters. The highest BCUT2D eigenvalue weighted by atomic mass is 32.1. The molecule has 20 heavy (non-hydrogen) atoms. The Morgan fingerprint density at radius 2 is 2.35 bits per heavy atom. The lowest BCUT2D eigenvalue weighted by Gasteiger charge is -2.33. The molecule has 2 unspecified atom stereocenters. The van der Waals surface area contributed by atoms with Crippen molar-refractivity contribution in [2.45, 2.75) is 38.8 Å². The summed E-state index contributed by atoms with van der Waals surface area (Å²) in [6.07, 6.45) is 1.68. The topological polar surface area (TPSA) is 69.6 Å². The van der Waals surface area contributed by atoms with Crippen molar-refractivity contribution in [3.05, 3.63) is 21.9 Å². The number of carboxylic acids is 1. The monoisotopic (exact) mass is 296 g/mol. The van der Waals surface area contributed by atoms with Crippen LogP contribution in [-0.2, 0) is 16.0 Å². The first kappa shape index (κ1) is 15.0. The van der Waals surface area contributed by atoms with Crippen LogP contribution in [0.1, 0.15) is 36.8 Å². The third kappa shape index (κ3) is 3.02. The summed E-state index contributed by atoms with van der Waals surface area (Å²) in [5.74, 6) is -1.10. The molecule has 0 aliphatic carbocycles. The van der Waals surface area contributed by atoms with E-state index in [0.29, 0.717) is 6.54 Å². The zero-order valence-corrected chi connectivity index (χ0v) is 12.6. The van der Waals surface area contributed by atoms with Gasteiger partial charge in [0.25, 0.3) is 0 Å². The summed E-state index contributed by atoms with van der Waals surface area (Å²) < 4.78 is 0. The lowest BCUT2D eigenvalue weighted by atomic mass is 10.00. The van der Waals surface area contributed by atoms with Gasteiger partial charge in [-0.25, -0.2) is 4.79 Å². The minimum absolute atomic E-state index is 0.144. The minimum Gasteiger partial charge on any atom is -0.479 e. The number of nitrogens with one attached hydrogen (secondary N) is 1. The maximum absolute atomic E-state index is 12.3. The Kier molecular flexibility index (Phi) is 4.77. The Morgan fingerprint density at radius 3 is 3.00 bits per heavy atom. The van der Waals surface area contributed by atoms with Crippen molar-refractivity contribution in [3.63, 3.8) is 0 Å². The molecule has 2 heterocycles. The number of fused-ring (bicyclic) bond motifs is 1. The van der Waals surface area contributed by atoms with Crippen LogP contribution < -0.4 is 5.32 Å². The van der Waals surface area contributed by atoms with Gasteiger partial charge in [0.05, 0.1) is 6.54 Å². The normalized spacial score (nSPS) is 19.5. The number of aliphatic carboxylic acids is 1. The molecule has 1 aromatic heterocycles. The van der Waals surface area contributed by atoms with Gasteiger partial charge in [-0.05, 0) is 36.8 Å². The number of amides is 1. The molecule has 0 fully saturated rings. The smallest absolute Gasteiger partial charge is 0.331 e. The molecule has 1 aliphatic rings.